The van der Waals surface area contributed by atoms with E-state index in [1.807, 2.05) is 34.9 Å². The van der Waals surface area contributed by atoms with Gasteiger partial charge in [-0.1, -0.05) is 12.1 Å². The summed E-state index contributed by atoms with van der Waals surface area (Å²) >= 11 is 0. The van der Waals surface area contributed by atoms with E-state index in [9.17, 15) is 0 Å². The molecule has 8 nitrogen and oxygen atoms in total. The van der Waals surface area contributed by atoms with E-state index in [1.54, 1.807) is 12.4 Å². The van der Waals surface area contributed by atoms with Crippen LogP contribution >= 0.6 is 0 Å². The van der Waals surface area contributed by atoms with Crippen LogP contribution in [0.2, 0.25) is 0 Å². The number of rotatable bonds is 3. The zero-order valence-corrected chi connectivity index (χ0v) is 12.0. The lowest BCUT2D eigenvalue weighted by Gasteiger charge is -2.09. The van der Waals surface area contributed by atoms with Crippen LogP contribution in [0, 0.1) is 0 Å². The van der Waals surface area contributed by atoms with Crippen molar-refractivity contribution in [3.05, 3.63) is 48.3 Å². The van der Waals surface area contributed by atoms with Gasteiger partial charge < -0.3 is 11.5 Å². The Labute approximate surface area is 130 Å². The van der Waals surface area contributed by atoms with Gasteiger partial charge in [-0.25, -0.2) is 9.61 Å². The lowest BCUT2D eigenvalue weighted by atomic mass is 10.2. The molecule has 0 bridgehead atoms. The number of nitrogens with two attached hydrogens (primary N) is 2. The third-order valence-corrected chi connectivity index (χ3v) is 3.59. The maximum absolute atomic E-state index is 5.84. The molecule has 0 saturated heterocycles. The average molecular weight is 307 g/mol. The fourth-order valence-electron chi connectivity index (χ4n) is 2.53. The lowest BCUT2D eigenvalue weighted by Crippen LogP contribution is -2.02. The molecule has 4 rings (SSSR count). The van der Waals surface area contributed by atoms with Gasteiger partial charge in [0.25, 0.3) is 0 Å². The third-order valence-electron chi connectivity index (χ3n) is 3.59. The van der Waals surface area contributed by atoms with E-state index in [0.29, 0.717) is 18.1 Å². The SMILES string of the molecule is NCc1cccc(-n2c(-c3nonc3N)nc3cnccc32)c1. The normalized spacial score (nSPS) is 11.2. The first-order valence-electron chi connectivity index (χ1n) is 6.98. The molecule has 23 heavy (non-hydrogen) atoms. The lowest BCUT2D eigenvalue weighted by molar-refractivity contribution is 0.310. The second-order valence-electron chi connectivity index (χ2n) is 5.01. The van der Waals surface area contributed by atoms with Gasteiger partial charge in [-0.3, -0.25) is 9.55 Å². The summed E-state index contributed by atoms with van der Waals surface area (Å²) < 4.78 is 6.65. The van der Waals surface area contributed by atoms with Gasteiger partial charge in [0.1, 0.15) is 5.52 Å². The molecule has 0 radical (unpaired) electrons. The van der Waals surface area contributed by atoms with Crippen molar-refractivity contribution in [2.24, 2.45) is 5.73 Å². The molecular formula is C15H13N7O. The first-order valence-corrected chi connectivity index (χ1v) is 6.98. The van der Waals surface area contributed by atoms with Crippen LogP contribution in [-0.2, 0) is 6.54 Å². The molecule has 0 atom stereocenters. The van der Waals surface area contributed by atoms with E-state index in [0.717, 1.165) is 22.3 Å². The summed E-state index contributed by atoms with van der Waals surface area (Å²) in [4.78, 5) is 8.69. The summed E-state index contributed by atoms with van der Waals surface area (Å²) in [6.45, 7) is 0.449. The van der Waals surface area contributed by atoms with Gasteiger partial charge in [0.05, 0.1) is 11.7 Å². The molecule has 8 heteroatoms. The Balaban J connectivity index is 2.05. The smallest absolute Gasteiger partial charge is 0.199 e. The number of hydrogen-bond acceptors (Lipinski definition) is 7. The van der Waals surface area contributed by atoms with Crippen molar-refractivity contribution < 1.29 is 4.63 Å². The van der Waals surface area contributed by atoms with Gasteiger partial charge in [-0.2, -0.15) is 0 Å². The molecule has 4 aromatic rings. The molecule has 0 saturated carbocycles. The summed E-state index contributed by atoms with van der Waals surface area (Å²) in [5.41, 5.74) is 15.5. The number of hydrogen-bond donors (Lipinski definition) is 2. The summed E-state index contributed by atoms with van der Waals surface area (Å²) in [5, 5.41) is 7.50. The van der Waals surface area contributed by atoms with E-state index in [2.05, 4.69) is 20.3 Å². The highest BCUT2D eigenvalue weighted by Gasteiger charge is 2.20. The maximum atomic E-state index is 5.84. The standard InChI is InChI=1S/C15H13N7O/c16-7-9-2-1-3-10(6-9)22-12-4-5-18-8-11(12)19-15(22)13-14(17)21-23-20-13/h1-6,8H,7,16H2,(H2,17,21). The van der Waals surface area contributed by atoms with Crippen LogP contribution in [0.1, 0.15) is 5.56 Å². The molecule has 3 heterocycles. The molecule has 0 spiro atoms. The van der Waals surface area contributed by atoms with Crippen LogP contribution in [0.5, 0.6) is 0 Å². The predicted molar refractivity (Wildman–Crippen MR) is 84.5 cm³/mol. The monoisotopic (exact) mass is 307 g/mol. The molecule has 1 aromatic carbocycles. The minimum atomic E-state index is 0.185. The second-order valence-corrected chi connectivity index (χ2v) is 5.01. The molecule has 4 N–H and O–H groups in total. The number of pyridine rings is 1. The van der Waals surface area contributed by atoms with E-state index in [-0.39, 0.29) is 5.82 Å². The summed E-state index contributed by atoms with van der Waals surface area (Å²) in [5.74, 6) is 0.727. The van der Waals surface area contributed by atoms with Gasteiger partial charge in [-0.05, 0) is 34.1 Å². The van der Waals surface area contributed by atoms with Crippen LogP contribution < -0.4 is 11.5 Å². The molecule has 0 amide bonds. The van der Waals surface area contributed by atoms with Gasteiger partial charge in [-0.15, -0.1) is 0 Å². The number of benzene rings is 1. The van der Waals surface area contributed by atoms with E-state index in [1.165, 1.54) is 0 Å². The fourth-order valence-corrected chi connectivity index (χ4v) is 2.53. The minimum absolute atomic E-state index is 0.185. The molecule has 0 aliphatic heterocycles. The highest BCUT2D eigenvalue weighted by Crippen LogP contribution is 2.29. The van der Waals surface area contributed by atoms with Gasteiger partial charge >= 0.3 is 0 Å². The third kappa shape index (κ3) is 2.12. The zero-order valence-electron chi connectivity index (χ0n) is 12.0. The fraction of sp³-hybridized carbons (Fsp3) is 0.0667. The van der Waals surface area contributed by atoms with Crippen LogP contribution in [0.15, 0.2) is 47.4 Å². The summed E-state index contributed by atoms with van der Waals surface area (Å²) in [7, 11) is 0. The van der Waals surface area contributed by atoms with Gasteiger partial charge in [0.15, 0.2) is 17.3 Å². The molecule has 0 fully saturated rings. The number of nitrogens with zero attached hydrogens (tertiary/aromatic N) is 5. The molecule has 0 unspecified atom stereocenters. The van der Waals surface area contributed by atoms with E-state index in [4.69, 9.17) is 16.1 Å². The van der Waals surface area contributed by atoms with Gasteiger partial charge in [0.2, 0.25) is 0 Å². The highest BCUT2D eigenvalue weighted by molar-refractivity contribution is 5.83. The molecule has 3 aromatic heterocycles. The first kappa shape index (κ1) is 13.4. The Hall–Kier alpha value is -3.26. The minimum Gasteiger partial charge on any atom is -0.379 e. The zero-order chi connectivity index (χ0) is 15.8. The quantitative estimate of drug-likeness (QED) is 0.588. The van der Waals surface area contributed by atoms with Crippen LogP contribution in [-0.4, -0.2) is 24.8 Å². The predicted octanol–water partition coefficient (Wildman–Crippen LogP) is 1.51. The largest absolute Gasteiger partial charge is 0.379 e. The first-order chi connectivity index (χ1) is 11.3. The molecular weight excluding hydrogens is 294 g/mol. The van der Waals surface area contributed by atoms with Crippen LogP contribution in [0.3, 0.4) is 0 Å². The molecule has 114 valence electrons. The Morgan fingerprint density at radius 2 is 2.09 bits per heavy atom. The Kier molecular flexibility index (Phi) is 3.02. The van der Waals surface area contributed by atoms with Crippen molar-refractivity contribution in [3.8, 4) is 17.2 Å². The van der Waals surface area contributed by atoms with Crippen LogP contribution in [0.4, 0.5) is 5.82 Å². The summed E-state index contributed by atoms with van der Waals surface area (Å²) in [6.07, 6.45) is 3.40. The second kappa shape index (κ2) is 5.18. The van der Waals surface area contributed by atoms with E-state index >= 15 is 0 Å². The molecule has 0 aliphatic rings. The Bertz CT molecular complexity index is 988. The molecule has 0 aliphatic carbocycles. The number of nitrogen functional groups attached to an aromatic ring is 1. The number of fused-ring (bicyclic) bond motifs is 1. The Morgan fingerprint density at radius 1 is 1.17 bits per heavy atom. The van der Waals surface area contributed by atoms with Crippen molar-refractivity contribution in [1.82, 2.24) is 24.8 Å². The van der Waals surface area contributed by atoms with Crippen LogP contribution in [0.25, 0.3) is 28.2 Å². The topological polar surface area (TPSA) is 122 Å². The highest BCUT2D eigenvalue weighted by atomic mass is 16.6. The van der Waals surface area contributed by atoms with Gasteiger partial charge in [0, 0.05) is 18.4 Å². The number of aromatic nitrogens is 5. The average Bonchev–Trinajstić information content (AvgIpc) is 3.17. The van der Waals surface area contributed by atoms with Crippen molar-refractivity contribution in [3.63, 3.8) is 0 Å². The number of anilines is 1. The maximum Gasteiger partial charge on any atom is 0.199 e. The summed E-state index contributed by atoms with van der Waals surface area (Å²) in [6, 6.07) is 9.75. The van der Waals surface area contributed by atoms with Crippen molar-refractivity contribution in [1.29, 1.82) is 0 Å². The van der Waals surface area contributed by atoms with E-state index < -0.39 is 0 Å². The number of imidazole rings is 1. The Morgan fingerprint density at radius 3 is 2.87 bits per heavy atom. The van der Waals surface area contributed by atoms with Crippen molar-refractivity contribution in [2.45, 2.75) is 6.54 Å². The van der Waals surface area contributed by atoms with Crippen molar-refractivity contribution in [2.75, 3.05) is 5.73 Å². The van der Waals surface area contributed by atoms with Crippen molar-refractivity contribution >= 4 is 16.9 Å².